The number of aryl methyl sites for hydroxylation is 2. The first kappa shape index (κ1) is 20.5. The van der Waals surface area contributed by atoms with Crippen molar-refractivity contribution in [2.24, 2.45) is 0 Å². The van der Waals surface area contributed by atoms with Crippen LogP contribution >= 0.6 is 0 Å². The summed E-state index contributed by atoms with van der Waals surface area (Å²) < 4.78 is 24.8. The molecule has 2 heteroatoms. The van der Waals surface area contributed by atoms with Gasteiger partial charge in [0, 0.05) is 0 Å². The van der Waals surface area contributed by atoms with Gasteiger partial charge in [0.15, 0.2) is 11.6 Å². The third kappa shape index (κ3) is 8.39. The van der Waals surface area contributed by atoms with E-state index in [0.717, 1.165) is 11.1 Å². The Morgan fingerprint density at radius 1 is 0.625 bits per heavy atom. The van der Waals surface area contributed by atoms with E-state index in [1.54, 1.807) is 13.8 Å². The van der Waals surface area contributed by atoms with Crippen LogP contribution in [0.25, 0.3) is 0 Å². The molecule has 0 bridgehead atoms. The summed E-state index contributed by atoms with van der Waals surface area (Å²) >= 11 is 0. The van der Waals surface area contributed by atoms with Gasteiger partial charge in [0.2, 0.25) is 0 Å². The van der Waals surface area contributed by atoms with Gasteiger partial charge in [0.1, 0.15) is 0 Å². The molecule has 0 heterocycles. The summed E-state index contributed by atoms with van der Waals surface area (Å²) in [6.07, 6.45) is 0. The summed E-state index contributed by atoms with van der Waals surface area (Å²) in [6.45, 7) is 15.5. The fourth-order valence-electron chi connectivity index (χ4n) is 0.746. The Labute approximate surface area is 99.7 Å². The van der Waals surface area contributed by atoms with Crippen molar-refractivity contribution in [1.82, 2.24) is 0 Å². The van der Waals surface area contributed by atoms with Crippen molar-refractivity contribution >= 4 is 0 Å². The zero-order chi connectivity index (χ0) is 13.7. The smallest absolute Gasteiger partial charge is 0.159 e. The normalized spacial score (nSPS) is 7.38. The summed E-state index contributed by atoms with van der Waals surface area (Å²) in [7, 11) is 0. The molecule has 0 atom stereocenters. The highest BCUT2D eigenvalue weighted by Gasteiger charge is 2.02. The average Bonchev–Trinajstić information content (AvgIpc) is 2.34. The second-order valence-electron chi connectivity index (χ2n) is 2.35. The zero-order valence-corrected chi connectivity index (χ0v) is 11.9. The molecular weight excluding hydrogens is 206 g/mol. The van der Waals surface area contributed by atoms with Crippen molar-refractivity contribution in [3.8, 4) is 0 Å². The van der Waals surface area contributed by atoms with E-state index in [0.29, 0.717) is 0 Å². The van der Waals surface area contributed by atoms with E-state index in [1.165, 1.54) is 12.1 Å². The van der Waals surface area contributed by atoms with Crippen LogP contribution in [0.1, 0.15) is 52.7 Å². The van der Waals surface area contributed by atoms with Gasteiger partial charge in [-0.05, 0) is 37.1 Å². The van der Waals surface area contributed by atoms with Crippen LogP contribution in [-0.4, -0.2) is 0 Å². The van der Waals surface area contributed by atoms with Crippen LogP contribution in [0.2, 0.25) is 0 Å². The molecule has 1 aromatic carbocycles. The van der Waals surface area contributed by atoms with Crippen LogP contribution in [0.15, 0.2) is 12.1 Å². The van der Waals surface area contributed by atoms with Crippen LogP contribution in [0.4, 0.5) is 8.78 Å². The monoisotopic (exact) mass is 232 g/mol. The quantitative estimate of drug-likeness (QED) is 0.541. The van der Waals surface area contributed by atoms with Gasteiger partial charge in [-0.15, -0.1) is 0 Å². The summed E-state index contributed by atoms with van der Waals surface area (Å²) in [6, 6.07) is 2.40. The van der Waals surface area contributed by atoms with E-state index in [-0.39, 0.29) is 0 Å². The minimum atomic E-state index is -0.775. The molecule has 0 unspecified atom stereocenters. The Morgan fingerprint density at radius 2 is 0.812 bits per heavy atom. The van der Waals surface area contributed by atoms with Gasteiger partial charge in [-0.25, -0.2) is 8.78 Å². The Morgan fingerprint density at radius 3 is 1.00 bits per heavy atom. The van der Waals surface area contributed by atoms with Crippen molar-refractivity contribution in [3.63, 3.8) is 0 Å². The molecular formula is C14H26F2. The Balaban J connectivity index is -0.000000245. The zero-order valence-electron chi connectivity index (χ0n) is 11.9. The lowest BCUT2D eigenvalue weighted by atomic mass is 10.1. The standard InChI is InChI=1S/C8H8F2.3C2H6/c1-5-3-7(9)8(10)4-6(5)2;3*1-2/h3-4H,1-2H3;3*1-2H3. The lowest BCUT2D eigenvalue weighted by Gasteiger charge is -1.98. The van der Waals surface area contributed by atoms with Crippen LogP contribution in [0.5, 0.6) is 0 Å². The van der Waals surface area contributed by atoms with Crippen LogP contribution < -0.4 is 0 Å². The molecule has 0 nitrogen and oxygen atoms in total. The molecule has 1 aromatic rings. The van der Waals surface area contributed by atoms with Gasteiger partial charge < -0.3 is 0 Å². The number of hydrogen-bond donors (Lipinski definition) is 0. The van der Waals surface area contributed by atoms with Crippen molar-refractivity contribution in [1.29, 1.82) is 0 Å². The first-order chi connectivity index (χ1) is 7.61. The predicted octanol–water partition coefficient (Wildman–Crippen LogP) is 5.66. The van der Waals surface area contributed by atoms with Crippen molar-refractivity contribution in [3.05, 3.63) is 34.9 Å². The maximum Gasteiger partial charge on any atom is 0.159 e. The lowest BCUT2D eigenvalue weighted by molar-refractivity contribution is 0.507. The molecule has 16 heavy (non-hydrogen) atoms. The third-order valence-electron chi connectivity index (χ3n) is 1.54. The number of rotatable bonds is 0. The number of benzene rings is 1. The van der Waals surface area contributed by atoms with E-state index >= 15 is 0 Å². The maximum atomic E-state index is 12.4. The maximum absolute atomic E-state index is 12.4. The highest BCUT2D eigenvalue weighted by Crippen LogP contribution is 2.12. The SMILES string of the molecule is CC.CC.CC.Cc1cc(F)c(F)cc1C. The van der Waals surface area contributed by atoms with E-state index in [4.69, 9.17) is 0 Å². The van der Waals surface area contributed by atoms with E-state index in [2.05, 4.69) is 0 Å². The molecule has 0 spiro atoms. The Hall–Kier alpha value is -0.920. The summed E-state index contributed by atoms with van der Waals surface area (Å²) in [5, 5.41) is 0. The van der Waals surface area contributed by atoms with Gasteiger partial charge in [-0.3, -0.25) is 0 Å². The van der Waals surface area contributed by atoms with Crippen molar-refractivity contribution in [2.45, 2.75) is 55.4 Å². The molecule has 0 fully saturated rings. The van der Waals surface area contributed by atoms with E-state index in [9.17, 15) is 8.78 Å². The minimum Gasteiger partial charge on any atom is -0.204 e. The molecule has 0 saturated heterocycles. The first-order valence-electron chi connectivity index (χ1n) is 6.03. The van der Waals surface area contributed by atoms with E-state index in [1.807, 2.05) is 41.5 Å². The van der Waals surface area contributed by atoms with Gasteiger partial charge in [0.05, 0.1) is 0 Å². The van der Waals surface area contributed by atoms with Crippen molar-refractivity contribution in [2.75, 3.05) is 0 Å². The van der Waals surface area contributed by atoms with Gasteiger partial charge in [0.25, 0.3) is 0 Å². The number of hydrogen-bond acceptors (Lipinski definition) is 0. The fourth-order valence-corrected chi connectivity index (χ4v) is 0.746. The van der Waals surface area contributed by atoms with Crippen LogP contribution in [0.3, 0.4) is 0 Å². The minimum absolute atomic E-state index is 0.775. The topological polar surface area (TPSA) is 0 Å². The number of halogens is 2. The second-order valence-corrected chi connectivity index (χ2v) is 2.35. The van der Waals surface area contributed by atoms with Crippen LogP contribution in [0, 0.1) is 25.5 Å². The Bertz CT molecular complexity index is 205. The first-order valence-corrected chi connectivity index (χ1v) is 6.03. The highest BCUT2D eigenvalue weighted by molar-refractivity contribution is 5.25. The predicted molar refractivity (Wildman–Crippen MR) is 69.9 cm³/mol. The molecule has 0 aliphatic rings. The molecule has 0 amide bonds. The van der Waals surface area contributed by atoms with Crippen LogP contribution in [-0.2, 0) is 0 Å². The second kappa shape index (κ2) is 14.1. The summed E-state index contributed by atoms with van der Waals surface area (Å²) in [5.41, 5.74) is 1.55. The molecule has 0 aliphatic heterocycles. The fraction of sp³-hybridized carbons (Fsp3) is 0.571. The van der Waals surface area contributed by atoms with Gasteiger partial charge in [-0.1, -0.05) is 41.5 Å². The summed E-state index contributed by atoms with van der Waals surface area (Å²) in [4.78, 5) is 0. The molecule has 0 saturated carbocycles. The molecule has 0 radical (unpaired) electrons. The lowest BCUT2D eigenvalue weighted by Crippen LogP contribution is -1.88. The third-order valence-corrected chi connectivity index (χ3v) is 1.54. The molecule has 1 rings (SSSR count). The highest BCUT2D eigenvalue weighted by atomic mass is 19.2. The van der Waals surface area contributed by atoms with Crippen molar-refractivity contribution < 1.29 is 8.78 Å². The molecule has 96 valence electrons. The van der Waals surface area contributed by atoms with Gasteiger partial charge in [-0.2, -0.15) is 0 Å². The van der Waals surface area contributed by atoms with E-state index < -0.39 is 11.6 Å². The molecule has 0 aromatic heterocycles. The molecule has 0 N–H and O–H groups in total. The summed E-state index contributed by atoms with van der Waals surface area (Å²) in [5.74, 6) is -1.55. The largest absolute Gasteiger partial charge is 0.204 e. The average molecular weight is 232 g/mol. The molecule has 0 aliphatic carbocycles. The Kier molecular flexibility index (Phi) is 18.0. The van der Waals surface area contributed by atoms with Gasteiger partial charge >= 0.3 is 0 Å².